The number of ether oxygens (including phenoxy) is 1. The van der Waals surface area contributed by atoms with Gasteiger partial charge < -0.3 is 19.8 Å². The number of benzene rings is 1. The molecule has 7 nitrogen and oxygen atoms in total. The van der Waals surface area contributed by atoms with Crippen LogP contribution in [0.2, 0.25) is 0 Å². The molecule has 116 valence electrons. The van der Waals surface area contributed by atoms with E-state index in [9.17, 15) is 9.36 Å². The number of carbonyl (C=O) groups is 1. The Kier molecular flexibility index (Phi) is 3.78. The smallest absolute Gasteiger partial charge is 0.362 e. The number of nitrogens with one attached hydrogen (secondary N) is 1. The molecule has 1 amide bonds. The van der Waals surface area contributed by atoms with E-state index in [0.717, 1.165) is 16.1 Å². The Hall–Kier alpha value is -1.73. The Balaban J connectivity index is 2.05. The number of hydrogen-bond acceptors (Lipinski definition) is 5. The van der Waals surface area contributed by atoms with Gasteiger partial charge in [-0.15, -0.1) is 11.3 Å². The first-order valence-electron chi connectivity index (χ1n) is 6.39. The molecule has 9 heteroatoms. The second kappa shape index (κ2) is 5.48. The molecule has 0 spiro atoms. The summed E-state index contributed by atoms with van der Waals surface area (Å²) in [7, 11) is -4.27. The zero-order valence-corrected chi connectivity index (χ0v) is 13.3. The molecule has 2 aromatic rings. The highest BCUT2D eigenvalue weighted by Gasteiger charge is 2.28. The van der Waals surface area contributed by atoms with Crippen LogP contribution in [-0.4, -0.2) is 27.0 Å². The average Bonchev–Trinajstić information content (AvgIpc) is 2.97. The maximum Gasteiger partial charge on any atom is 0.362 e. The van der Waals surface area contributed by atoms with Gasteiger partial charge in [0.05, 0.1) is 11.2 Å². The number of anilines is 1. The lowest BCUT2D eigenvalue weighted by Crippen LogP contribution is -2.08. The van der Waals surface area contributed by atoms with Crippen LogP contribution < -0.4 is 10.1 Å². The van der Waals surface area contributed by atoms with Gasteiger partial charge in [0.2, 0.25) is 5.91 Å². The third-order valence-electron chi connectivity index (χ3n) is 3.19. The predicted octanol–water partition coefficient (Wildman–Crippen LogP) is 2.19. The van der Waals surface area contributed by atoms with Gasteiger partial charge in [0.25, 0.3) is 0 Å². The molecule has 1 aromatic heterocycles. The van der Waals surface area contributed by atoms with Gasteiger partial charge in [-0.05, 0) is 17.7 Å². The highest BCUT2D eigenvalue weighted by Crippen LogP contribution is 2.47. The Morgan fingerprint density at radius 1 is 1.50 bits per heavy atom. The van der Waals surface area contributed by atoms with Gasteiger partial charge in [0, 0.05) is 29.5 Å². The van der Waals surface area contributed by atoms with E-state index in [1.807, 2.05) is 0 Å². The molecule has 0 saturated carbocycles. The third kappa shape index (κ3) is 2.91. The molecule has 1 aliphatic rings. The molecule has 0 saturated heterocycles. The molecular weight excluding hydrogens is 327 g/mol. The molecule has 1 aromatic carbocycles. The molecule has 1 heterocycles. The van der Waals surface area contributed by atoms with Crippen LogP contribution in [0.5, 0.6) is 5.75 Å². The van der Waals surface area contributed by atoms with Gasteiger partial charge in [0.1, 0.15) is 5.75 Å². The summed E-state index contributed by atoms with van der Waals surface area (Å²) in [5.41, 5.74) is 4.67. The minimum atomic E-state index is -4.27. The van der Waals surface area contributed by atoms with Crippen molar-refractivity contribution in [2.45, 2.75) is 13.3 Å². The van der Waals surface area contributed by atoms with E-state index in [1.54, 1.807) is 17.6 Å². The molecule has 3 N–H and O–H groups in total. The number of aromatic nitrogens is 1. The van der Waals surface area contributed by atoms with Gasteiger partial charge in [-0.25, -0.2) is 4.98 Å². The monoisotopic (exact) mass is 340 g/mol. The Labute approximate surface area is 130 Å². The first-order chi connectivity index (χ1) is 10.3. The molecule has 1 aliphatic carbocycles. The Bertz CT molecular complexity index is 798. The minimum absolute atomic E-state index is 0.186. The van der Waals surface area contributed by atoms with Crippen molar-refractivity contribution in [2.75, 3.05) is 11.7 Å². The molecule has 0 unspecified atom stereocenters. The van der Waals surface area contributed by atoms with E-state index in [1.165, 1.54) is 18.3 Å². The zero-order chi connectivity index (χ0) is 15.9. The summed E-state index contributed by atoms with van der Waals surface area (Å²) in [6.45, 7) is 1.42. The number of rotatable bonds is 4. The fourth-order valence-electron chi connectivity index (χ4n) is 2.41. The van der Waals surface area contributed by atoms with E-state index in [4.69, 9.17) is 14.5 Å². The summed E-state index contributed by atoms with van der Waals surface area (Å²) in [5, 5.41) is 2.76. The fourth-order valence-corrected chi connectivity index (χ4v) is 3.50. The summed E-state index contributed by atoms with van der Waals surface area (Å²) >= 11 is 1.50. The van der Waals surface area contributed by atoms with Crippen LogP contribution in [0.1, 0.15) is 17.4 Å². The molecule has 0 radical (unpaired) electrons. The van der Waals surface area contributed by atoms with Crippen molar-refractivity contribution >= 4 is 30.5 Å². The topological polar surface area (TPSA) is 109 Å². The number of fused-ring (bicyclic) bond motifs is 3. The van der Waals surface area contributed by atoms with E-state index in [2.05, 4.69) is 10.3 Å². The maximum atomic E-state index is 11.3. The Morgan fingerprint density at radius 3 is 2.95 bits per heavy atom. The van der Waals surface area contributed by atoms with E-state index >= 15 is 0 Å². The number of carbonyl (C=O) groups excluding carboxylic acids is 1. The summed E-state index contributed by atoms with van der Waals surface area (Å²) < 4.78 is 16.3. The summed E-state index contributed by atoms with van der Waals surface area (Å²) in [6.07, 6.45) is -0.0869. The summed E-state index contributed by atoms with van der Waals surface area (Å²) in [6, 6.07) is 3.26. The van der Waals surface area contributed by atoms with Gasteiger partial charge in [-0.2, -0.15) is 0 Å². The normalized spacial score (nSPS) is 12.7. The van der Waals surface area contributed by atoms with Crippen molar-refractivity contribution in [3.05, 3.63) is 28.1 Å². The second-order valence-electron chi connectivity index (χ2n) is 4.89. The van der Waals surface area contributed by atoms with Crippen LogP contribution in [0.4, 0.5) is 5.69 Å². The second-order valence-corrected chi connectivity index (χ2v) is 7.41. The van der Waals surface area contributed by atoms with Crippen LogP contribution in [0, 0.1) is 0 Å². The minimum Gasteiger partial charge on any atom is -0.480 e. The number of nitrogens with zero attached hydrogens (tertiary/aromatic N) is 1. The molecule has 22 heavy (non-hydrogen) atoms. The van der Waals surface area contributed by atoms with Crippen molar-refractivity contribution in [3.8, 4) is 17.0 Å². The highest BCUT2D eigenvalue weighted by molar-refractivity contribution is 7.51. The highest BCUT2D eigenvalue weighted by atomic mass is 32.1. The lowest BCUT2D eigenvalue weighted by Gasteiger charge is -2.14. The average molecular weight is 340 g/mol. The quantitative estimate of drug-likeness (QED) is 0.628. The van der Waals surface area contributed by atoms with Gasteiger partial charge in [0.15, 0.2) is 6.35 Å². The van der Waals surface area contributed by atoms with Crippen molar-refractivity contribution in [2.24, 2.45) is 0 Å². The van der Waals surface area contributed by atoms with E-state index in [0.29, 0.717) is 23.4 Å². The largest absolute Gasteiger partial charge is 0.480 e. The third-order valence-corrected chi connectivity index (χ3v) is 4.49. The molecular formula is C13H13N2O5PS. The van der Waals surface area contributed by atoms with Crippen LogP contribution >= 0.6 is 18.9 Å². The van der Waals surface area contributed by atoms with Gasteiger partial charge in [-0.3, -0.25) is 9.36 Å². The van der Waals surface area contributed by atoms with E-state index in [-0.39, 0.29) is 5.91 Å². The predicted molar refractivity (Wildman–Crippen MR) is 82.2 cm³/mol. The van der Waals surface area contributed by atoms with Gasteiger partial charge >= 0.3 is 7.60 Å². The molecule has 0 atom stereocenters. The maximum absolute atomic E-state index is 11.3. The SMILES string of the molecule is CC(=O)Nc1ccc(OCP(=O)(O)O)c2c1Cc1scnc1-2. The van der Waals surface area contributed by atoms with E-state index < -0.39 is 13.9 Å². The van der Waals surface area contributed by atoms with Crippen LogP contribution in [0.15, 0.2) is 17.6 Å². The molecule has 0 bridgehead atoms. The van der Waals surface area contributed by atoms with Crippen LogP contribution in [-0.2, 0) is 15.8 Å². The number of amides is 1. The first kappa shape index (κ1) is 15.2. The molecule has 0 aliphatic heterocycles. The number of hydrogen-bond donors (Lipinski definition) is 3. The lowest BCUT2D eigenvalue weighted by atomic mass is 10.1. The fraction of sp³-hybridized carbons (Fsp3) is 0.231. The van der Waals surface area contributed by atoms with Crippen molar-refractivity contribution < 1.29 is 23.9 Å². The first-order valence-corrected chi connectivity index (χ1v) is 9.06. The van der Waals surface area contributed by atoms with Crippen molar-refractivity contribution in [3.63, 3.8) is 0 Å². The standard InChI is InChI=1S/C13H13N2O5PS/c1-7(16)15-9-2-3-10(20-6-21(17,18)19)12-8(9)4-11-13(12)14-5-22-11/h2-3,5H,4,6H2,1H3,(H,15,16)(H2,17,18,19). The zero-order valence-electron chi connectivity index (χ0n) is 11.6. The van der Waals surface area contributed by atoms with Crippen molar-refractivity contribution in [1.29, 1.82) is 0 Å². The molecule has 3 rings (SSSR count). The molecule has 0 fully saturated rings. The van der Waals surface area contributed by atoms with Crippen LogP contribution in [0.3, 0.4) is 0 Å². The lowest BCUT2D eigenvalue weighted by molar-refractivity contribution is -0.114. The summed E-state index contributed by atoms with van der Waals surface area (Å²) in [5.74, 6) is 0.173. The summed E-state index contributed by atoms with van der Waals surface area (Å²) in [4.78, 5) is 34.6. The number of thiazole rings is 1. The van der Waals surface area contributed by atoms with Crippen molar-refractivity contribution in [1.82, 2.24) is 4.98 Å². The Morgan fingerprint density at radius 2 is 2.27 bits per heavy atom. The van der Waals surface area contributed by atoms with Crippen LogP contribution in [0.25, 0.3) is 11.3 Å². The van der Waals surface area contributed by atoms with Gasteiger partial charge in [-0.1, -0.05) is 0 Å².